The molecule has 13 heteroatoms. The van der Waals surface area contributed by atoms with Crippen molar-refractivity contribution < 1.29 is 49.2 Å². The zero-order chi connectivity index (χ0) is 23.1. The van der Waals surface area contributed by atoms with Gasteiger partial charge in [-0.05, 0) is 32.1 Å². The van der Waals surface area contributed by atoms with E-state index in [-0.39, 0.29) is 24.4 Å². The molecule has 0 aliphatic rings. The maximum Gasteiger partial charge on any atom is 0.407 e. The molecular formula is C17H29N3O10. The standard InChI is InChI=1S/C17H29N3O10/c1-2-3-10-30-17(28)18-9-5-4-6-12(15(25)26)20(29)16(27)19-11(14(23)24)7-8-13(21)22/h11-12,29H,2-10H2,1H3,(H,18,28)(H,19,27)(H,21,22)(H,23,24)(H,25,26)/t11-,12-/m0/s1. The topological polar surface area (TPSA) is 203 Å². The predicted octanol–water partition coefficient (Wildman–Crippen LogP) is 0.855. The van der Waals surface area contributed by atoms with Gasteiger partial charge in [-0.15, -0.1) is 0 Å². The van der Waals surface area contributed by atoms with Crippen LogP contribution in [0.25, 0.3) is 0 Å². The minimum Gasteiger partial charge on any atom is -0.481 e. The number of nitrogens with zero attached hydrogens (tertiary/aromatic N) is 1. The van der Waals surface area contributed by atoms with E-state index in [2.05, 4.69) is 5.32 Å². The van der Waals surface area contributed by atoms with Crippen LogP contribution in [0.15, 0.2) is 0 Å². The molecule has 0 bridgehead atoms. The second kappa shape index (κ2) is 14.8. The van der Waals surface area contributed by atoms with E-state index in [0.717, 1.165) is 12.8 Å². The number of carbonyl (C=O) groups is 5. The van der Waals surface area contributed by atoms with E-state index < -0.39 is 55.0 Å². The van der Waals surface area contributed by atoms with Gasteiger partial charge in [-0.1, -0.05) is 13.3 Å². The van der Waals surface area contributed by atoms with E-state index in [4.69, 9.17) is 14.9 Å². The van der Waals surface area contributed by atoms with Crippen molar-refractivity contribution in [3.8, 4) is 0 Å². The summed E-state index contributed by atoms with van der Waals surface area (Å²) in [5, 5.41) is 40.9. The first kappa shape index (κ1) is 26.9. The summed E-state index contributed by atoms with van der Waals surface area (Å²) in [6, 6.07) is -4.64. The number of carboxylic acids is 3. The van der Waals surface area contributed by atoms with Crippen molar-refractivity contribution in [1.29, 1.82) is 0 Å². The molecule has 30 heavy (non-hydrogen) atoms. The van der Waals surface area contributed by atoms with Gasteiger partial charge in [0.05, 0.1) is 6.61 Å². The second-order valence-corrected chi connectivity index (χ2v) is 6.38. The second-order valence-electron chi connectivity index (χ2n) is 6.38. The Morgan fingerprint density at radius 2 is 1.63 bits per heavy atom. The average molecular weight is 435 g/mol. The number of carboxylic acid groups (broad SMARTS) is 3. The summed E-state index contributed by atoms with van der Waals surface area (Å²) in [6.07, 6.45) is 0.432. The van der Waals surface area contributed by atoms with Gasteiger partial charge in [0.15, 0.2) is 6.04 Å². The van der Waals surface area contributed by atoms with E-state index in [1.807, 2.05) is 12.2 Å². The molecule has 0 saturated carbocycles. The van der Waals surface area contributed by atoms with Crippen molar-refractivity contribution in [2.24, 2.45) is 0 Å². The number of carbonyl (C=O) groups excluding carboxylic acids is 2. The van der Waals surface area contributed by atoms with E-state index in [0.29, 0.717) is 13.0 Å². The summed E-state index contributed by atoms with van der Waals surface area (Å²) in [4.78, 5) is 56.3. The third kappa shape index (κ3) is 11.7. The molecule has 0 aliphatic heterocycles. The Morgan fingerprint density at radius 1 is 0.967 bits per heavy atom. The number of hydrogen-bond donors (Lipinski definition) is 6. The summed E-state index contributed by atoms with van der Waals surface area (Å²) in [5.74, 6) is -4.32. The third-order valence-corrected chi connectivity index (χ3v) is 3.94. The van der Waals surface area contributed by atoms with Crippen molar-refractivity contribution in [1.82, 2.24) is 15.7 Å². The number of urea groups is 1. The normalized spacial score (nSPS) is 12.3. The van der Waals surface area contributed by atoms with E-state index in [9.17, 15) is 34.3 Å². The molecule has 0 heterocycles. The molecule has 0 rings (SSSR count). The molecule has 13 nitrogen and oxygen atoms in total. The number of alkyl carbamates (subject to hydrolysis) is 1. The Morgan fingerprint density at radius 3 is 2.17 bits per heavy atom. The predicted molar refractivity (Wildman–Crippen MR) is 100.0 cm³/mol. The van der Waals surface area contributed by atoms with Crippen LogP contribution in [-0.2, 0) is 19.1 Å². The molecular weight excluding hydrogens is 406 g/mol. The molecule has 0 aromatic rings. The van der Waals surface area contributed by atoms with E-state index in [1.54, 1.807) is 0 Å². The van der Waals surface area contributed by atoms with Crippen LogP contribution < -0.4 is 10.6 Å². The highest BCUT2D eigenvalue weighted by molar-refractivity contribution is 5.85. The van der Waals surface area contributed by atoms with Gasteiger partial charge in [-0.2, -0.15) is 5.06 Å². The van der Waals surface area contributed by atoms with Crippen LogP contribution in [0.2, 0.25) is 0 Å². The Labute approximate surface area is 172 Å². The Bertz CT molecular complexity index is 598. The van der Waals surface area contributed by atoms with Gasteiger partial charge in [-0.25, -0.2) is 19.2 Å². The summed E-state index contributed by atoms with van der Waals surface area (Å²) >= 11 is 0. The fourth-order valence-corrected chi connectivity index (χ4v) is 2.25. The van der Waals surface area contributed by atoms with Crippen LogP contribution in [0.5, 0.6) is 0 Å². The average Bonchev–Trinajstić information content (AvgIpc) is 2.66. The number of hydroxylamine groups is 2. The van der Waals surface area contributed by atoms with E-state index >= 15 is 0 Å². The maximum absolute atomic E-state index is 12.0. The zero-order valence-electron chi connectivity index (χ0n) is 16.7. The van der Waals surface area contributed by atoms with Gasteiger partial charge < -0.3 is 30.7 Å². The first-order chi connectivity index (χ1) is 14.1. The lowest BCUT2D eigenvalue weighted by atomic mass is 10.1. The molecule has 0 saturated heterocycles. The van der Waals surface area contributed by atoms with Gasteiger partial charge in [0.2, 0.25) is 0 Å². The largest absolute Gasteiger partial charge is 0.481 e. The number of amides is 3. The van der Waals surface area contributed by atoms with Gasteiger partial charge in [0.1, 0.15) is 6.04 Å². The molecule has 0 fully saturated rings. The Hall–Kier alpha value is -3.09. The smallest absolute Gasteiger partial charge is 0.407 e. The molecule has 0 unspecified atom stereocenters. The number of ether oxygens (including phenoxy) is 1. The van der Waals surface area contributed by atoms with Crippen LogP contribution in [0.1, 0.15) is 51.9 Å². The Balaban J connectivity index is 4.50. The quantitative estimate of drug-likeness (QED) is 0.122. The van der Waals surface area contributed by atoms with Crippen molar-refractivity contribution in [2.75, 3.05) is 13.2 Å². The van der Waals surface area contributed by atoms with Crippen molar-refractivity contribution >= 4 is 30.0 Å². The Kier molecular flexibility index (Phi) is 13.3. The van der Waals surface area contributed by atoms with Crippen LogP contribution in [-0.4, -0.2) is 80.9 Å². The number of aliphatic carboxylic acids is 3. The molecule has 0 aliphatic carbocycles. The minimum absolute atomic E-state index is 0.133. The highest BCUT2D eigenvalue weighted by Crippen LogP contribution is 2.09. The summed E-state index contributed by atoms with van der Waals surface area (Å²) < 4.78 is 4.88. The monoisotopic (exact) mass is 435 g/mol. The number of rotatable bonds is 15. The fourth-order valence-electron chi connectivity index (χ4n) is 2.25. The van der Waals surface area contributed by atoms with Crippen molar-refractivity contribution in [3.63, 3.8) is 0 Å². The van der Waals surface area contributed by atoms with Crippen LogP contribution in [0.3, 0.4) is 0 Å². The van der Waals surface area contributed by atoms with Crippen LogP contribution in [0.4, 0.5) is 9.59 Å². The fraction of sp³-hybridized carbons (Fsp3) is 0.706. The summed E-state index contributed by atoms with van der Waals surface area (Å²) in [5.41, 5.74) is 0. The first-order valence-electron chi connectivity index (χ1n) is 9.46. The molecule has 2 atom stereocenters. The minimum atomic E-state index is -1.66. The number of unbranched alkanes of at least 4 members (excludes halogenated alkanes) is 2. The molecule has 6 N–H and O–H groups in total. The lowest BCUT2D eigenvalue weighted by Gasteiger charge is -2.24. The van der Waals surface area contributed by atoms with Crippen LogP contribution in [0, 0.1) is 0 Å². The number of nitrogens with one attached hydrogen (secondary N) is 2. The SMILES string of the molecule is CCCCOC(=O)NCCCC[C@@H](C(=O)O)N(O)C(=O)N[C@@H](CCC(=O)O)C(=O)O. The zero-order valence-corrected chi connectivity index (χ0v) is 16.7. The summed E-state index contributed by atoms with van der Waals surface area (Å²) in [7, 11) is 0. The van der Waals surface area contributed by atoms with Gasteiger partial charge in [0, 0.05) is 13.0 Å². The van der Waals surface area contributed by atoms with Crippen LogP contribution >= 0.6 is 0 Å². The molecule has 3 amide bonds. The van der Waals surface area contributed by atoms with Crippen molar-refractivity contribution in [2.45, 2.75) is 64.0 Å². The summed E-state index contributed by atoms with van der Waals surface area (Å²) in [6.45, 7) is 2.44. The molecule has 0 aromatic carbocycles. The lowest BCUT2D eigenvalue weighted by Crippen LogP contribution is -2.52. The molecule has 172 valence electrons. The highest BCUT2D eigenvalue weighted by atomic mass is 16.5. The molecule has 0 radical (unpaired) electrons. The van der Waals surface area contributed by atoms with Gasteiger partial charge in [-0.3, -0.25) is 10.0 Å². The lowest BCUT2D eigenvalue weighted by molar-refractivity contribution is -0.157. The van der Waals surface area contributed by atoms with Gasteiger partial charge >= 0.3 is 30.0 Å². The molecule has 0 spiro atoms. The molecule has 0 aromatic heterocycles. The first-order valence-corrected chi connectivity index (χ1v) is 9.46. The maximum atomic E-state index is 12.0. The van der Waals surface area contributed by atoms with E-state index in [1.165, 1.54) is 0 Å². The highest BCUT2D eigenvalue weighted by Gasteiger charge is 2.31. The number of hydrogen-bond acceptors (Lipinski definition) is 7. The van der Waals surface area contributed by atoms with Gasteiger partial charge in [0.25, 0.3) is 0 Å². The van der Waals surface area contributed by atoms with Crippen molar-refractivity contribution in [3.05, 3.63) is 0 Å². The third-order valence-electron chi connectivity index (χ3n) is 3.94.